The van der Waals surface area contributed by atoms with Gasteiger partial charge >= 0.3 is 0 Å². The number of benzene rings is 1. The minimum Gasteiger partial charge on any atom is -0.267 e. The van der Waals surface area contributed by atoms with Crippen molar-refractivity contribution in [1.82, 2.24) is 9.97 Å². The molecule has 9 heteroatoms. The van der Waals surface area contributed by atoms with Crippen molar-refractivity contribution in [3.63, 3.8) is 0 Å². The third-order valence-electron chi connectivity index (χ3n) is 4.43. The van der Waals surface area contributed by atoms with Crippen molar-refractivity contribution in [3.05, 3.63) is 59.2 Å². The Morgan fingerprint density at radius 1 is 1.32 bits per heavy atom. The number of nitrogens with zero attached hydrogens (tertiary/aromatic N) is 4. The number of rotatable bonds is 5. The predicted molar refractivity (Wildman–Crippen MR) is 113 cm³/mol. The van der Waals surface area contributed by atoms with Crippen LogP contribution >= 0.6 is 11.3 Å². The normalized spacial score (nSPS) is 16.5. The number of hydrogen-bond donors (Lipinski definition) is 1. The van der Waals surface area contributed by atoms with Crippen LogP contribution in [0.2, 0.25) is 0 Å². The average molecular weight is 414 g/mol. The Morgan fingerprint density at radius 2 is 2.18 bits per heavy atom. The van der Waals surface area contributed by atoms with Gasteiger partial charge in [-0.25, -0.2) is 13.4 Å². The van der Waals surface area contributed by atoms with Crippen molar-refractivity contribution in [3.8, 4) is 11.3 Å². The van der Waals surface area contributed by atoms with E-state index in [2.05, 4.69) is 20.5 Å². The lowest BCUT2D eigenvalue weighted by molar-refractivity contribution is 0.590. The van der Waals surface area contributed by atoms with Gasteiger partial charge in [0.05, 0.1) is 29.5 Å². The molecule has 1 aliphatic rings. The molecular weight excluding hydrogens is 394 g/mol. The van der Waals surface area contributed by atoms with Gasteiger partial charge in [0.2, 0.25) is 15.2 Å². The first-order valence-corrected chi connectivity index (χ1v) is 11.4. The lowest BCUT2D eigenvalue weighted by Crippen LogP contribution is -2.34. The van der Waals surface area contributed by atoms with E-state index in [4.69, 9.17) is 0 Å². The molecule has 1 aliphatic heterocycles. The topological polar surface area (TPSA) is 87.6 Å². The molecule has 3 aromatic rings. The van der Waals surface area contributed by atoms with Crippen molar-refractivity contribution in [2.24, 2.45) is 5.10 Å². The Morgan fingerprint density at radius 3 is 2.93 bits per heavy atom. The van der Waals surface area contributed by atoms with Crippen LogP contribution in [0.1, 0.15) is 18.2 Å². The molecule has 3 heterocycles. The summed E-state index contributed by atoms with van der Waals surface area (Å²) in [5.41, 5.74) is 7.24. The van der Waals surface area contributed by atoms with E-state index in [0.29, 0.717) is 11.6 Å². The summed E-state index contributed by atoms with van der Waals surface area (Å²) < 4.78 is 25.6. The molecule has 0 spiro atoms. The summed E-state index contributed by atoms with van der Waals surface area (Å²) in [4.78, 5) is 8.74. The van der Waals surface area contributed by atoms with Gasteiger partial charge in [-0.3, -0.25) is 14.7 Å². The number of hydrogen-bond acceptors (Lipinski definition) is 7. The fraction of sp³-hybridized carbons (Fsp3) is 0.211. The second kappa shape index (κ2) is 7.33. The predicted octanol–water partition coefficient (Wildman–Crippen LogP) is 3.36. The summed E-state index contributed by atoms with van der Waals surface area (Å²) in [6, 6.07) is 11.3. The first-order chi connectivity index (χ1) is 13.4. The van der Waals surface area contributed by atoms with Crippen LogP contribution in [-0.2, 0) is 16.4 Å². The third kappa shape index (κ3) is 3.76. The number of nitrogens with one attached hydrogen (secondary N) is 1. The summed E-state index contributed by atoms with van der Waals surface area (Å²) in [6.45, 7) is 1.92. The monoisotopic (exact) mass is 413 g/mol. The third-order valence-corrected chi connectivity index (χ3v) is 6.45. The molecule has 0 bridgehead atoms. The smallest absolute Gasteiger partial charge is 0.232 e. The average Bonchev–Trinajstić information content (AvgIpc) is 3.25. The molecule has 0 fully saturated rings. The molecule has 1 atom stereocenters. The van der Waals surface area contributed by atoms with E-state index in [1.807, 2.05) is 48.7 Å². The molecule has 1 unspecified atom stereocenters. The Balaban J connectivity index is 1.52. The SMILES string of the molecule is CC1Cc2cc(-c3csc(NN=Cc4ccccn4)n3)ccc2N1S(C)(=O)=O. The molecule has 2 aromatic heterocycles. The summed E-state index contributed by atoms with van der Waals surface area (Å²) in [5, 5.41) is 6.79. The van der Waals surface area contributed by atoms with E-state index in [9.17, 15) is 8.42 Å². The van der Waals surface area contributed by atoms with Crippen LogP contribution in [0.4, 0.5) is 10.8 Å². The summed E-state index contributed by atoms with van der Waals surface area (Å²) >= 11 is 1.46. The van der Waals surface area contributed by atoms with Crippen molar-refractivity contribution in [2.75, 3.05) is 16.0 Å². The van der Waals surface area contributed by atoms with Crippen LogP contribution in [0, 0.1) is 0 Å². The largest absolute Gasteiger partial charge is 0.267 e. The maximum atomic E-state index is 12.1. The number of anilines is 2. The maximum absolute atomic E-state index is 12.1. The standard InChI is InChI=1S/C19H19N5O2S2/c1-13-9-15-10-14(6-7-18(15)24(13)28(2,25)26)17-12-27-19(22-17)23-21-11-16-5-3-4-8-20-16/h3-8,10-13H,9H2,1-2H3,(H,22,23). The number of sulfonamides is 1. The number of aromatic nitrogens is 2. The number of fused-ring (bicyclic) bond motifs is 1. The van der Waals surface area contributed by atoms with Crippen molar-refractivity contribution < 1.29 is 8.42 Å². The van der Waals surface area contributed by atoms with E-state index < -0.39 is 10.0 Å². The second-order valence-electron chi connectivity index (χ2n) is 6.62. The Labute approximate surface area is 167 Å². The summed E-state index contributed by atoms with van der Waals surface area (Å²) in [7, 11) is -3.28. The van der Waals surface area contributed by atoms with Gasteiger partial charge < -0.3 is 0 Å². The van der Waals surface area contributed by atoms with Gasteiger partial charge in [0.15, 0.2) is 0 Å². The molecule has 1 N–H and O–H groups in total. The van der Waals surface area contributed by atoms with E-state index >= 15 is 0 Å². The Bertz CT molecular complexity index is 1130. The summed E-state index contributed by atoms with van der Waals surface area (Å²) in [6.07, 6.45) is 5.29. The lowest BCUT2D eigenvalue weighted by atomic mass is 10.1. The zero-order chi connectivity index (χ0) is 19.7. The minimum absolute atomic E-state index is 0.0751. The molecule has 0 saturated carbocycles. The zero-order valence-corrected chi connectivity index (χ0v) is 17.0. The molecule has 144 valence electrons. The van der Waals surface area contributed by atoms with Crippen molar-refractivity contribution >= 4 is 38.4 Å². The number of hydrazone groups is 1. The first kappa shape index (κ1) is 18.6. The molecule has 0 amide bonds. The van der Waals surface area contributed by atoms with Crippen LogP contribution in [0.25, 0.3) is 11.3 Å². The first-order valence-electron chi connectivity index (χ1n) is 8.70. The lowest BCUT2D eigenvalue weighted by Gasteiger charge is -2.21. The molecule has 4 rings (SSSR count). The van der Waals surface area contributed by atoms with Gasteiger partial charge in [-0.15, -0.1) is 11.3 Å². The highest BCUT2D eigenvalue weighted by atomic mass is 32.2. The number of thiazole rings is 1. The van der Waals surface area contributed by atoms with Gasteiger partial charge in [-0.2, -0.15) is 5.10 Å². The quantitative estimate of drug-likeness (QED) is 0.512. The highest BCUT2D eigenvalue weighted by Crippen LogP contribution is 2.37. The van der Waals surface area contributed by atoms with Crippen molar-refractivity contribution in [2.45, 2.75) is 19.4 Å². The van der Waals surface area contributed by atoms with Crippen LogP contribution in [0.5, 0.6) is 0 Å². The Hall–Kier alpha value is -2.78. The van der Waals surface area contributed by atoms with Gasteiger partial charge in [0.25, 0.3) is 0 Å². The van der Waals surface area contributed by atoms with Gasteiger partial charge in [-0.05, 0) is 43.2 Å². The van der Waals surface area contributed by atoms with Crippen LogP contribution in [0.3, 0.4) is 0 Å². The minimum atomic E-state index is -3.28. The second-order valence-corrected chi connectivity index (χ2v) is 9.34. The molecule has 0 aliphatic carbocycles. The van der Waals surface area contributed by atoms with Gasteiger partial charge in [0, 0.05) is 23.2 Å². The summed E-state index contributed by atoms with van der Waals surface area (Å²) in [5.74, 6) is 0. The molecule has 7 nitrogen and oxygen atoms in total. The maximum Gasteiger partial charge on any atom is 0.232 e. The molecule has 28 heavy (non-hydrogen) atoms. The van der Waals surface area contributed by atoms with E-state index in [1.54, 1.807) is 12.4 Å². The molecular formula is C19H19N5O2S2. The highest BCUT2D eigenvalue weighted by Gasteiger charge is 2.32. The van der Waals surface area contributed by atoms with E-state index in [1.165, 1.54) is 21.9 Å². The van der Waals surface area contributed by atoms with Crippen LogP contribution in [0.15, 0.2) is 53.1 Å². The highest BCUT2D eigenvalue weighted by molar-refractivity contribution is 7.92. The van der Waals surface area contributed by atoms with Crippen LogP contribution in [-0.4, -0.2) is 36.9 Å². The Kier molecular flexibility index (Phi) is 4.86. The van der Waals surface area contributed by atoms with E-state index in [-0.39, 0.29) is 6.04 Å². The van der Waals surface area contributed by atoms with Gasteiger partial charge in [-0.1, -0.05) is 12.1 Å². The zero-order valence-electron chi connectivity index (χ0n) is 15.4. The van der Waals surface area contributed by atoms with Gasteiger partial charge in [0.1, 0.15) is 0 Å². The fourth-order valence-electron chi connectivity index (χ4n) is 3.33. The van der Waals surface area contributed by atoms with Crippen molar-refractivity contribution in [1.29, 1.82) is 0 Å². The molecule has 0 radical (unpaired) electrons. The fourth-order valence-corrected chi connectivity index (χ4v) is 5.26. The van der Waals surface area contributed by atoms with Crippen LogP contribution < -0.4 is 9.73 Å². The molecule has 0 saturated heterocycles. The molecule has 1 aromatic carbocycles. The number of pyridine rings is 1. The van der Waals surface area contributed by atoms with E-state index in [0.717, 1.165) is 28.2 Å².